The fourth-order valence-corrected chi connectivity index (χ4v) is 2.23. The third-order valence-corrected chi connectivity index (χ3v) is 3.29. The number of fused-ring (bicyclic) bond motifs is 1. The number of amides is 1. The second-order valence-electron chi connectivity index (χ2n) is 4.66. The van der Waals surface area contributed by atoms with Crippen LogP contribution in [0.25, 0.3) is 10.9 Å². The molecule has 5 nitrogen and oxygen atoms in total. The summed E-state index contributed by atoms with van der Waals surface area (Å²) in [5.74, 6) is 0.784. The summed E-state index contributed by atoms with van der Waals surface area (Å²) in [6, 6.07) is 5.82. The number of aryl methyl sites for hydroxylation is 1. The number of carbonyl (C=O) groups is 1. The SMILES string of the molecule is COCCNC(=O)Cc1c(C)[nH]c2ccc(OC)cc12. The molecule has 0 radical (unpaired) electrons. The fraction of sp³-hybridized carbons (Fsp3) is 0.400. The zero-order valence-corrected chi connectivity index (χ0v) is 12.1. The minimum Gasteiger partial charge on any atom is -0.497 e. The molecule has 0 saturated carbocycles. The van der Waals surface area contributed by atoms with Crippen molar-refractivity contribution < 1.29 is 14.3 Å². The molecule has 20 heavy (non-hydrogen) atoms. The second-order valence-corrected chi connectivity index (χ2v) is 4.66. The number of carbonyl (C=O) groups excluding carboxylic acids is 1. The van der Waals surface area contributed by atoms with Gasteiger partial charge in [0.25, 0.3) is 0 Å². The van der Waals surface area contributed by atoms with Crippen LogP contribution < -0.4 is 10.1 Å². The lowest BCUT2D eigenvalue weighted by atomic mass is 10.1. The largest absolute Gasteiger partial charge is 0.497 e. The molecular formula is C15H20N2O3. The molecule has 2 rings (SSSR count). The summed E-state index contributed by atoms with van der Waals surface area (Å²) in [6.45, 7) is 3.02. The van der Waals surface area contributed by atoms with Gasteiger partial charge in [-0.1, -0.05) is 0 Å². The van der Waals surface area contributed by atoms with Gasteiger partial charge in [-0.3, -0.25) is 4.79 Å². The summed E-state index contributed by atoms with van der Waals surface area (Å²) in [5, 5.41) is 3.86. The summed E-state index contributed by atoms with van der Waals surface area (Å²) < 4.78 is 10.2. The normalized spacial score (nSPS) is 10.8. The predicted octanol–water partition coefficient (Wildman–Crippen LogP) is 1.79. The molecule has 0 saturated heterocycles. The number of hydrogen-bond acceptors (Lipinski definition) is 3. The Morgan fingerprint density at radius 2 is 2.15 bits per heavy atom. The third kappa shape index (κ3) is 3.11. The number of rotatable bonds is 6. The highest BCUT2D eigenvalue weighted by Gasteiger charge is 2.13. The van der Waals surface area contributed by atoms with Crippen LogP contribution >= 0.6 is 0 Å². The zero-order valence-electron chi connectivity index (χ0n) is 12.1. The van der Waals surface area contributed by atoms with E-state index in [2.05, 4.69) is 10.3 Å². The van der Waals surface area contributed by atoms with E-state index in [9.17, 15) is 4.79 Å². The Hall–Kier alpha value is -2.01. The highest BCUT2D eigenvalue weighted by Crippen LogP contribution is 2.26. The van der Waals surface area contributed by atoms with Crippen molar-refractivity contribution in [2.45, 2.75) is 13.3 Å². The lowest BCUT2D eigenvalue weighted by molar-refractivity contribution is -0.120. The number of H-pyrrole nitrogens is 1. The molecule has 108 valence electrons. The summed E-state index contributed by atoms with van der Waals surface area (Å²) >= 11 is 0. The average molecular weight is 276 g/mol. The lowest BCUT2D eigenvalue weighted by Gasteiger charge is -2.05. The molecule has 1 amide bonds. The van der Waals surface area contributed by atoms with Crippen LogP contribution in [-0.2, 0) is 16.0 Å². The zero-order chi connectivity index (χ0) is 14.5. The molecule has 0 unspecified atom stereocenters. The van der Waals surface area contributed by atoms with Crippen LogP contribution in [-0.4, -0.2) is 38.3 Å². The molecule has 0 fully saturated rings. The maximum atomic E-state index is 11.9. The molecule has 0 aliphatic carbocycles. The molecule has 0 aliphatic heterocycles. The van der Waals surface area contributed by atoms with Crippen LogP contribution in [0.1, 0.15) is 11.3 Å². The van der Waals surface area contributed by atoms with Crippen LogP contribution in [0, 0.1) is 6.92 Å². The molecule has 0 atom stereocenters. The minimum absolute atomic E-state index is 0.00568. The van der Waals surface area contributed by atoms with Gasteiger partial charge in [0.2, 0.25) is 5.91 Å². The Bertz CT molecular complexity index is 604. The molecular weight excluding hydrogens is 256 g/mol. The van der Waals surface area contributed by atoms with Crippen molar-refractivity contribution in [2.75, 3.05) is 27.4 Å². The Labute approximate surface area is 118 Å². The summed E-state index contributed by atoms with van der Waals surface area (Å²) in [7, 11) is 3.25. The van der Waals surface area contributed by atoms with Gasteiger partial charge in [-0.05, 0) is 30.7 Å². The van der Waals surface area contributed by atoms with Gasteiger partial charge in [0.15, 0.2) is 0 Å². The number of benzene rings is 1. The Morgan fingerprint density at radius 1 is 1.35 bits per heavy atom. The van der Waals surface area contributed by atoms with Crippen molar-refractivity contribution in [1.29, 1.82) is 0 Å². The Morgan fingerprint density at radius 3 is 2.85 bits per heavy atom. The molecule has 2 N–H and O–H groups in total. The quantitative estimate of drug-likeness (QED) is 0.791. The highest BCUT2D eigenvalue weighted by atomic mass is 16.5. The molecule has 1 aromatic heterocycles. The second kappa shape index (κ2) is 6.43. The minimum atomic E-state index is -0.00568. The van der Waals surface area contributed by atoms with Gasteiger partial charge in [-0.15, -0.1) is 0 Å². The number of hydrogen-bond donors (Lipinski definition) is 2. The van der Waals surface area contributed by atoms with Crippen LogP contribution in [0.15, 0.2) is 18.2 Å². The van der Waals surface area contributed by atoms with E-state index in [-0.39, 0.29) is 5.91 Å². The first-order valence-electron chi connectivity index (χ1n) is 6.56. The van der Waals surface area contributed by atoms with Gasteiger partial charge < -0.3 is 19.8 Å². The topological polar surface area (TPSA) is 63.3 Å². The first kappa shape index (κ1) is 14.4. The van der Waals surface area contributed by atoms with E-state index >= 15 is 0 Å². The third-order valence-electron chi connectivity index (χ3n) is 3.29. The number of aromatic nitrogens is 1. The van der Waals surface area contributed by atoms with E-state index in [0.29, 0.717) is 19.6 Å². The first-order chi connectivity index (χ1) is 9.65. The van der Waals surface area contributed by atoms with E-state index in [1.165, 1.54) is 0 Å². The van der Waals surface area contributed by atoms with Crippen molar-refractivity contribution >= 4 is 16.8 Å². The monoisotopic (exact) mass is 276 g/mol. The molecule has 1 heterocycles. The van der Waals surface area contributed by atoms with Gasteiger partial charge in [-0.2, -0.15) is 0 Å². The van der Waals surface area contributed by atoms with E-state index in [0.717, 1.165) is 27.9 Å². The first-order valence-corrected chi connectivity index (χ1v) is 6.56. The standard InChI is InChI=1S/C15H20N2O3/c1-10-12(9-15(18)16-6-7-19-2)13-8-11(20-3)4-5-14(13)17-10/h4-5,8,17H,6-7,9H2,1-3H3,(H,16,18). The lowest BCUT2D eigenvalue weighted by Crippen LogP contribution is -2.28. The van der Waals surface area contributed by atoms with Gasteiger partial charge in [0, 0.05) is 30.3 Å². The number of methoxy groups -OCH3 is 2. The van der Waals surface area contributed by atoms with Gasteiger partial charge in [0.1, 0.15) is 5.75 Å². The Balaban J connectivity index is 2.20. The van der Waals surface area contributed by atoms with Crippen molar-refractivity contribution in [1.82, 2.24) is 10.3 Å². The predicted molar refractivity (Wildman–Crippen MR) is 78.2 cm³/mol. The summed E-state index contributed by atoms with van der Waals surface area (Å²) in [5.41, 5.74) is 3.03. The van der Waals surface area contributed by atoms with Gasteiger partial charge in [0.05, 0.1) is 20.1 Å². The molecule has 0 spiro atoms. The van der Waals surface area contributed by atoms with Crippen LogP contribution in [0.4, 0.5) is 0 Å². The van der Waals surface area contributed by atoms with E-state index in [1.54, 1.807) is 14.2 Å². The van der Waals surface area contributed by atoms with Crippen LogP contribution in [0.3, 0.4) is 0 Å². The number of ether oxygens (including phenoxy) is 2. The highest BCUT2D eigenvalue weighted by molar-refractivity contribution is 5.90. The van der Waals surface area contributed by atoms with E-state index in [4.69, 9.17) is 9.47 Å². The smallest absolute Gasteiger partial charge is 0.224 e. The molecule has 2 aromatic rings. The molecule has 0 bridgehead atoms. The molecule has 5 heteroatoms. The van der Waals surface area contributed by atoms with E-state index < -0.39 is 0 Å². The summed E-state index contributed by atoms with van der Waals surface area (Å²) in [6.07, 6.45) is 0.350. The van der Waals surface area contributed by atoms with Crippen LogP contribution in [0.5, 0.6) is 5.75 Å². The maximum absolute atomic E-state index is 11.9. The van der Waals surface area contributed by atoms with Crippen molar-refractivity contribution in [3.63, 3.8) is 0 Å². The van der Waals surface area contributed by atoms with Crippen molar-refractivity contribution in [2.24, 2.45) is 0 Å². The van der Waals surface area contributed by atoms with Crippen molar-refractivity contribution in [3.05, 3.63) is 29.5 Å². The number of nitrogens with one attached hydrogen (secondary N) is 2. The molecule has 0 aliphatic rings. The van der Waals surface area contributed by atoms with Gasteiger partial charge >= 0.3 is 0 Å². The van der Waals surface area contributed by atoms with E-state index in [1.807, 2.05) is 25.1 Å². The number of aromatic amines is 1. The summed E-state index contributed by atoms with van der Waals surface area (Å²) in [4.78, 5) is 15.2. The maximum Gasteiger partial charge on any atom is 0.224 e. The molecule has 1 aromatic carbocycles. The fourth-order valence-electron chi connectivity index (χ4n) is 2.23. The van der Waals surface area contributed by atoms with Crippen LogP contribution in [0.2, 0.25) is 0 Å². The van der Waals surface area contributed by atoms with Gasteiger partial charge in [-0.25, -0.2) is 0 Å². The van der Waals surface area contributed by atoms with Crippen molar-refractivity contribution in [3.8, 4) is 5.75 Å². The Kier molecular flexibility index (Phi) is 4.63. The average Bonchev–Trinajstić information content (AvgIpc) is 2.75.